The predicted octanol–water partition coefficient (Wildman–Crippen LogP) is 5.24. The number of nitrogens with zero attached hydrogens (tertiary/aromatic N) is 2. The van der Waals surface area contributed by atoms with Gasteiger partial charge in [-0.05, 0) is 68.5 Å². The van der Waals surface area contributed by atoms with Gasteiger partial charge >= 0.3 is 0 Å². The quantitative estimate of drug-likeness (QED) is 0.448. The Bertz CT molecular complexity index is 1250. The van der Waals surface area contributed by atoms with Gasteiger partial charge in [0.1, 0.15) is 12.6 Å². The molecule has 0 aromatic heterocycles. The lowest BCUT2D eigenvalue weighted by Crippen LogP contribution is -2.53. The van der Waals surface area contributed by atoms with Crippen LogP contribution in [0, 0.1) is 13.8 Å². The van der Waals surface area contributed by atoms with Crippen molar-refractivity contribution in [3.8, 4) is 0 Å². The fourth-order valence-corrected chi connectivity index (χ4v) is 5.79. The van der Waals surface area contributed by atoms with Crippen LogP contribution in [-0.4, -0.2) is 50.0 Å². The van der Waals surface area contributed by atoms with Gasteiger partial charge in [-0.3, -0.25) is 13.9 Å². The van der Waals surface area contributed by atoms with Crippen molar-refractivity contribution in [3.05, 3.63) is 63.1 Å². The standard InChI is InChI=1S/C27H35Cl2N3O4S/c1-18-10-11-19(2)25(14-18)32(37(4,35)36)17-26(33)31(16-21-12-13-23(28)24(29)15-21)20(3)27(34)30-22-8-6-5-7-9-22/h10-15,20,22H,5-9,16-17H2,1-4H3,(H,30,34)/t20-/m0/s1. The number of carbonyl (C=O) groups excluding carboxylic acids is 2. The van der Waals surface area contributed by atoms with Crippen LogP contribution in [0.4, 0.5) is 5.69 Å². The molecule has 37 heavy (non-hydrogen) atoms. The van der Waals surface area contributed by atoms with E-state index in [2.05, 4.69) is 5.32 Å². The fraction of sp³-hybridized carbons (Fsp3) is 0.481. The van der Waals surface area contributed by atoms with Crippen LogP contribution in [0.2, 0.25) is 10.0 Å². The predicted molar refractivity (Wildman–Crippen MR) is 150 cm³/mol. The van der Waals surface area contributed by atoms with Crippen molar-refractivity contribution in [2.75, 3.05) is 17.1 Å². The zero-order valence-corrected chi connectivity index (χ0v) is 24.1. The summed E-state index contributed by atoms with van der Waals surface area (Å²) in [6.07, 6.45) is 6.17. The third-order valence-corrected chi connectivity index (χ3v) is 8.63. The van der Waals surface area contributed by atoms with Crippen LogP contribution < -0.4 is 9.62 Å². The van der Waals surface area contributed by atoms with Gasteiger partial charge in [0.25, 0.3) is 0 Å². The van der Waals surface area contributed by atoms with Gasteiger partial charge in [-0.2, -0.15) is 0 Å². The van der Waals surface area contributed by atoms with Gasteiger partial charge in [-0.25, -0.2) is 8.42 Å². The molecule has 1 aliphatic rings. The van der Waals surface area contributed by atoms with Gasteiger partial charge in [-0.1, -0.05) is 60.7 Å². The minimum Gasteiger partial charge on any atom is -0.352 e. The molecule has 0 saturated heterocycles. The molecule has 1 aliphatic carbocycles. The SMILES string of the molecule is Cc1ccc(C)c(N(CC(=O)N(Cc2ccc(Cl)c(Cl)c2)[C@@H](C)C(=O)NC2CCCCC2)S(C)(=O)=O)c1. The molecular formula is C27H35Cl2N3O4S. The van der Waals surface area contributed by atoms with Crippen molar-refractivity contribution in [2.24, 2.45) is 0 Å². The first-order chi connectivity index (χ1) is 17.4. The van der Waals surface area contributed by atoms with Crippen LogP contribution in [0.1, 0.15) is 55.7 Å². The molecule has 7 nitrogen and oxygen atoms in total. The summed E-state index contributed by atoms with van der Waals surface area (Å²) in [4.78, 5) is 28.4. The van der Waals surface area contributed by atoms with Crippen LogP contribution in [0.3, 0.4) is 0 Å². The highest BCUT2D eigenvalue weighted by atomic mass is 35.5. The van der Waals surface area contributed by atoms with E-state index in [1.807, 2.05) is 19.1 Å². The van der Waals surface area contributed by atoms with E-state index in [0.717, 1.165) is 53.8 Å². The van der Waals surface area contributed by atoms with E-state index in [1.54, 1.807) is 38.1 Å². The Morgan fingerprint density at radius 3 is 2.32 bits per heavy atom. The second-order valence-electron chi connectivity index (χ2n) is 9.85. The zero-order chi connectivity index (χ0) is 27.3. The topological polar surface area (TPSA) is 86.8 Å². The van der Waals surface area contributed by atoms with E-state index in [9.17, 15) is 18.0 Å². The summed E-state index contributed by atoms with van der Waals surface area (Å²) in [6, 6.07) is 9.71. The largest absolute Gasteiger partial charge is 0.352 e. The third-order valence-electron chi connectivity index (χ3n) is 6.77. The van der Waals surface area contributed by atoms with Gasteiger partial charge in [0, 0.05) is 12.6 Å². The Balaban J connectivity index is 1.92. The minimum absolute atomic E-state index is 0.0688. The van der Waals surface area contributed by atoms with Crippen molar-refractivity contribution < 1.29 is 18.0 Å². The van der Waals surface area contributed by atoms with Crippen LogP contribution in [0.5, 0.6) is 0 Å². The molecule has 202 valence electrons. The lowest BCUT2D eigenvalue weighted by molar-refractivity contribution is -0.139. The lowest BCUT2D eigenvalue weighted by atomic mass is 9.95. The number of nitrogens with one attached hydrogen (secondary N) is 1. The number of anilines is 1. The van der Waals surface area contributed by atoms with Crippen LogP contribution in [-0.2, 0) is 26.2 Å². The Kier molecular flexibility index (Phi) is 9.89. The van der Waals surface area contributed by atoms with Gasteiger partial charge in [0.05, 0.1) is 22.0 Å². The summed E-state index contributed by atoms with van der Waals surface area (Å²) >= 11 is 12.3. The van der Waals surface area contributed by atoms with Gasteiger partial charge < -0.3 is 10.2 Å². The normalized spacial score (nSPS) is 15.2. The molecule has 2 aromatic rings. The van der Waals surface area contributed by atoms with E-state index in [1.165, 1.54) is 4.90 Å². The fourth-order valence-electron chi connectivity index (χ4n) is 4.57. The van der Waals surface area contributed by atoms with Crippen molar-refractivity contribution in [1.29, 1.82) is 0 Å². The molecular weight excluding hydrogens is 533 g/mol. The first-order valence-electron chi connectivity index (χ1n) is 12.5. The minimum atomic E-state index is -3.79. The highest BCUT2D eigenvalue weighted by molar-refractivity contribution is 7.92. The first-order valence-corrected chi connectivity index (χ1v) is 15.1. The average Bonchev–Trinajstić information content (AvgIpc) is 2.84. The highest BCUT2D eigenvalue weighted by Crippen LogP contribution is 2.26. The van der Waals surface area contributed by atoms with Crippen molar-refractivity contribution in [1.82, 2.24) is 10.2 Å². The molecule has 2 amide bonds. The first kappa shape index (κ1) is 29.3. The smallest absolute Gasteiger partial charge is 0.244 e. The Hall–Kier alpha value is -2.29. The molecule has 0 spiro atoms. The summed E-state index contributed by atoms with van der Waals surface area (Å²) < 4.78 is 26.7. The number of halogens is 2. The van der Waals surface area contributed by atoms with E-state index in [0.29, 0.717) is 21.3 Å². The monoisotopic (exact) mass is 567 g/mol. The van der Waals surface area contributed by atoms with Gasteiger partial charge in [0.15, 0.2) is 0 Å². The lowest BCUT2D eigenvalue weighted by Gasteiger charge is -2.33. The molecule has 1 fully saturated rings. The summed E-state index contributed by atoms with van der Waals surface area (Å²) in [5.41, 5.74) is 2.71. The maximum atomic E-state index is 13.7. The Morgan fingerprint density at radius 2 is 1.70 bits per heavy atom. The number of benzene rings is 2. The van der Waals surface area contributed by atoms with Crippen LogP contribution in [0.15, 0.2) is 36.4 Å². The maximum absolute atomic E-state index is 13.7. The molecule has 1 saturated carbocycles. The summed E-state index contributed by atoms with van der Waals surface area (Å²) in [5, 5.41) is 3.79. The Labute approximate surface area is 230 Å². The summed E-state index contributed by atoms with van der Waals surface area (Å²) in [6.45, 7) is 4.95. The number of carbonyl (C=O) groups is 2. The molecule has 0 aliphatic heterocycles. The number of sulfonamides is 1. The molecule has 10 heteroatoms. The second-order valence-corrected chi connectivity index (χ2v) is 12.6. The highest BCUT2D eigenvalue weighted by Gasteiger charge is 2.31. The molecule has 1 atom stereocenters. The molecule has 3 rings (SSSR count). The number of amides is 2. The molecule has 0 unspecified atom stereocenters. The summed E-state index contributed by atoms with van der Waals surface area (Å²) in [5.74, 6) is -0.762. The molecule has 0 bridgehead atoms. The summed E-state index contributed by atoms with van der Waals surface area (Å²) in [7, 11) is -3.79. The van der Waals surface area contributed by atoms with Crippen molar-refractivity contribution >= 4 is 50.7 Å². The molecule has 0 heterocycles. The van der Waals surface area contributed by atoms with Crippen LogP contribution >= 0.6 is 23.2 Å². The molecule has 1 N–H and O–H groups in total. The van der Waals surface area contributed by atoms with Gasteiger partial charge in [0.2, 0.25) is 21.8 Å². The van der Waals surface area contributed by atoms with Crippen molar-refractivity contribution in [3.63, 3.8) is 0 Å². The van der Waals surface area contributed by atoms with E-state index in [-0.39, 0.29) is 18.5 Å². The second kappa shape index (κ2) is 12.5. The number of hydrogen-bond acceptors (Lipinski definition) is 4. The average molecular weight is 569 g/mol. The maximum Gasteiger partial charge on any atom is 0.244 e. The van der Waals surface area contributed by atoms with Gasteiger partial charge in [-0.15, -0.1) is 0 Å². The number of aryl methyl sites for hydroxylation is 2. The number of rotatable bonds is 9. The molecule has 2 aromatic carbocycles. The zero-order valence-electron chi connectivity index (χ0n) is 21.8. The third kappa shape index (κ3) is 7.85. The van der Waals surface area contributed by atoms with E-state index >= 15 is 0 Å². The van der Waals surface area contributed by atoms with E-state index < -0.39 is 28.5 Å². The Morgan fingerprint density at radius 1 is 1.03 bits per heavy atom. The van der Waals surface area contributed by atoms with Crippen molar-refractivity contribution in [2.45, 2.75) is 71.5 Å². The number of hydrogen-bond donors (Lipinski definition) is 1. The molecule has 0 radical (unpaired) electrons. The van der Waals surface area contributed by atoms with E-state index in [4.69, 9.17) is 23.2 Å². The van der Waals surface area contributed by atoms with Crippen LogP contribution in [0.25, 0.3) is 0 Å².